The summed E-state index contributed by atoms with van der Waals surface area (Å²) in [5.74, 6) is -1.00. The highest BCUT2D eigenvalue weighted by Crippen LogP contribution is 2.18. The Bertz CT molecular complexity index is 462. The average molecular weight is 255 g/mol. The van der Waals surface area contributed by atoms with Gasteiger partial charge < -0.3 is 9.84 Å². The Kier molecular flexibility index (Phi) is 4.66. The van der Waals surface area contributed by atoms with Crippen molar-refractivity contribution in [1.82, 2.24) is 0 Å². The van der Waals surface area contributed by atoms with Crippen LogP contribution in [0, 0.1) is 0 Å². The van der Waals surface area contributed by atoms with Crippen molar-refractivity contribution >= 4 is 23.3 Å². The van der Waals surface area contributed by atoms with Gasteiger partial charge in [-0.05, 0) is 31.2 Å². The predicted octanol–water partition coefficient (Wildman–Crippen LogP) is 3.39. The summed E-state index contributed by atoms with van der Waals surface area (Å²) >= 11 is 5.70. The fraction of sp³-hybridized carbons (Fsp3) is 0.182. The summed E-state index contributed by atoms with van der Waals surface area (Å²) < 4.78 is 4.45. The number of ether oxygens (including phenoxy) is 1. The van der Waals surface area contributed by atoms with Gasteiger partial charge in [-0.2, -0.15) is 5.11 Å². The summed E-state index contributed by atoms with van der Waals surface area (Å²) in [5.41, 5.74) is 0.277. The van der Waals surface area contributed by atoms with E-state index in [-0.39, 0.29) is 11.5 Å². The zero-order valence-corrected chi connectivity index (χ0v) is 10.1. The third-order valence-corrected chi connectivity index (χ3v) is 2.07. The number of benzene rings is 1. The second-order valence-electron chi connectivity index (χ2n) is 3.10. The van der Waals surface area contributed by atoms with Gasteiger partial charge in [-0.1, -0.05) is 11.6 Å². The summed E-state index contributed by atoms with van der Waals surface area (Å²) in [5, 5.41) is 17.2. The van der Waals surface area contributed by atoms with E-state index < -0.39 is 5.97 Å². The number of rotatable bonds is 3. The van der Waals surface area contributed by atoms with Crippen LogP contribution in [-0.4, -0.2) is 18.2 Å². The zero-order valence-electron chi connectivity index (χ0n) is 9.35. The number of allylic oxidation sites excluding steroid dienone is 1. The fourth-order valence-electron chi connectivity index (χ4n) is 0.973. The van der Waals surface area contributed by atoms with E-state index in [0.717, 1.165) is 0 Å². The molecule has 1 rings (SSSR count). The van der Waals surface area contributed by atoms with Crippen LogP contribution < -0.4 is 0 Å². The minimum atomic E-state index is -0.747. The molecule has 0 saturated carbocycles. The number of halogens is 1. The van der Waals surface area contributed by atoms with E-state index in [1.807, 2.05) is 0 Å². The summed E-state index contributed by atoms with van der Waals surface area (Å²) in [6.07, 6.45) is 0. The Morgan fingerprint density at radius 3 is 2.41 bits per heavy atom. The predicted molar refractivity (Wildman–Crippen MR) is 63.3 cm³/mol. The number of hydrogen-bond acceptors (Lipinski definition) is 5. The molecule has 0 fully saturated rings. The Morgan fingerprint density at radius 2 is 1.94 bits per heavy atom. The summed E-state index contributed by atoms with van der Waals surface area (Å²) in [4.78, 5) is 11.2. The van der Waals surface area contributed by atoms with E-state index in [2.05, 4.69) is 15.0 Å². The van der Waals surface area contributed by atoms with E-state index in [0.29, 0.717) is 10.7 Å². The van der Waals surface area contributed by atoms with Crippen LogP contribution >= 0.6 is 11.6 Å². The van der Waals surface area contributed by atoms with E-state index in [9.17, 15) is 9.90 Å². The molecule has 0 aliphatic rings. The maximum atomic E-state index is 11.2. The standard InChI is InChI=1S/C11H11ClN2O3/c1-7(15)10(11(16)17-2)14-13-9-5-3-8(12)4-6-9/h3-6,15H,1-2H3. The molecule has 5 nitrogen and oxygen atoms in total. The van der Waals surface area contributed by atoms with Gasteiger partial charge in [0, 0.05) is 5.02 Å². The Labute approximate surface area is 103 Å². The lowest BCUT2D eigenvalue weighted by atomic mass is 10.3. The van der Waals surface area contributed by atoms with Crippen LogP contribution in [0.3, 0.4) is 0 Å². The summed E-state index contributed by atoms with van der Waals surface area (Å²) in [7, 11) is 1.20. The molecule has 0 aliphatic carbocycles. The highest BCUT2D eigenvalue weighted by molar-refractivity contribution is 6.30. The van der Waals surface area contributed by atoms with Crippen LogP contribution in [0.1, 0.15) is 6.92 Å². The van der Waals surface area contributed by atoms with Gasteiger partial charge >= 0.3 is 5.97 Å². The maximum Gasteiger partial charge on any atom is 0.362 e. The monoisotopic (exact) mass is 254 g/mol. The largest absolute Gasteiger partial charge is 0.510 e. The molecule has 0 amide bonds. The van der Waals surface area contributed by atoms with Crippen molar-refractivity contribution < 1.29 is 14.6 Å². The number of aliphatic hydroxyl groups is 1. The molecule has 0 unspecified atom stereocenters. The van der Waals surface area contributed by atoms with Crippen LogP contribution in [0.2, 0.25) is 5.02 Å². The second kappa shape index (κ2) is 6.00. The smallest absolute Gasteiger partial charge is 0.362 e. The minimum Gasteiger partial charge on any atom is -0.510 e. The molecule has 0 radical (unpaired) electrons. The quantitative estimate of drug-likeness (QED) is 0.389. The molecule has 1 N–H and O–H groups in total. The Balaban J connectivity index is 2.92. The number of esters is 1. The average Bonchev–Trinajstić information content (AvgIpc) is 2.31. The van der Waals surface area contributed by atoms with Crippen LogP contribution in [0.25, 0.3) is 0 Å². The van der Waals surface area contributed by atoms with Crippen molar-refractivity contribution in [1.29, 1.82) is 0 Å². The third-order valence-electron chi connectivity index (χ3n) is 1.81. The summed E-state index contributed by atoms with van der Waals surface area (Å²) in [6.45, 7) is 1.33. The highest BCUT2D eigenvalue weighted by atomic mass is 35.5. The molecular weight excluding hydrogens is 244 g/mol. The molecule has 0 atom stereocenters. The normalized spacial score (nSPS) is 12.4. The van der Waals surface area contributed by atoms with E-state index in [1.54, 1.807) is 24.3 Å². The number of methoxy groups -OCH3 is 1. The fourth-order valence-corrected chi connectivity index (χ4v) is 1.10. The van der Waals surface area contributed by atoms with E-state index in [1.165, 1.54) is 14.0 Å². The number of carbonyl (C=O) groups is 1. The van der Waals surface area contributed by atoms with Crippen molar-refractivity contribution in [2.45, 2.75) is 6.92 Å². The van der Waals surface area contributed by atoms with Crippen LogP contribution in [0.15, 0.2) is 46.0 Å². The molecule has 0 aromatic heterocycles. The molecule has 0 heterocycles. The van der Waals surface area contributed by atoms with Gasteiger partial charge in [0.15, 0.2) is 0 Å². The first-order valence-corrected chi connectivity index (χ1v) is 5.08. The van der Waals surface area contributed by atoms with Crippen molar-refractivity contribution in [2.75, 3.05) is 7.11 Å². The van der Waals surface area contributed by atoms with Crippen LogP contribution in [-0.2, 0) is 9.53 Å². The second-order valence-corrected chi connectivity index (χ2v) is 3.54. The molecular formula is C11H11ClN2O3. The van der Waals surface area contributed by atoms with Gasteiger partial charge in [-0.3, -0.25) is 0 Å². The minimum absolute atomic E-state index is 0.234. The highest BCUT2D eigenvalue weighted by Gasteiger charge is 2.12. The number of azo groups is 1. The number of hydrogen-bond donors (Lipinski definition) is 1. The Morgan fingerprint density at radius 1 is 1.35 bits per heavy atom. The first kappa shape index (κ1) is 13.2. The van der Waals surface area contributed by atoms with Gasteiger partial charge in [0.1, 0.15) is 5.76 Å². The van der Waals surface area contributed by atoms with Crippen molar-refractivity contribution in [3.05, 3.63) is 40.7 Å². The van der Waals surface area contributed by atoms with Gasteiger partial charge in [0.2, 0.25) is 5.70 Å². The Hall–Kier alpha value is -1.88. The lowest BCUT2D eigenvalue weighted by molar-refractivity contribution is -0.136. The van der Waals surface area contributed by atoms with E-state index >= 15 is 0 Å². The van der Waals surface area contributed by atoms with Crippen LogP contribution in [0.4, 0.5) is 5.69 Å². The lowest BCUT2D eigenvalue weighted by Crippen LogP contribution is -2.04. The first-order valence-electron chi connectivity index (χ1n) is 4.70. The molecule has 90 valence electrons. The molecule has 6 heteroatoms. The van der Waals surface area contributed by atoms with Crippen molar-refractivity contribution in [2.24, 2.45) is 10.2 Å². The third kappa shape index (κ3) is 3.88. The van der Waals surface area contributed by atoms with Crippen molar-refractivity contribution in [3.63, 3.8) is 0 Å². The molecule has 0 bridgehead atoms. The molecule has 0 saturated heterocycles. The number of aliphatic hydroxyl groups excluding tert-OH is 1. The number of carbonyl (C=O) groups excluding carboxylic acids is 1. The molecule has 0 spiro atoms. The summed E-state index contributed by atoms with van der Waals surface area (Å²) in [6, 6.07) is 6.55. The maximum absolute atomic E-state index is 11.2. The SMILES string of the molecule is COC(=O)C(N=Nc1ccc(Cl)cc1)=C(C)O. The van der Waals surface area contributed by atoms with Crippen LogP contribution in [0.5, 0.6) is 0 Å². The topological polar surface area (TPSA) is 71.2 Å². The van der Waals surface area contributed by atoms with E-state index in [4.69, 9.17) is 11.6 Å². The lowest BCUT2D eigenvalue weighted by Gasteiger charge is -1.99. The van der Waals surface area contributed by atoms with Gasteiger partial charge in [-0.15, -0.1) is 5.11 Å². The van der Waals surface area contributed by atoms with Gasteiger partial charge in [-0.25, -0.2) is 4.79 Å². The molecule has 0 aliphatic heterocycles. The molecule has 1 aromatic carbocycles. The van der Waals surface area contributed by atoms with Gasteiger partial charge in [0.05, 0.1) is 12.8 Å². The molecule has 17 heavy (non-hydrogen) atoms. The molecule has 1 aromatic rings. The van der Waals surface area contributed by atoms with Gasteiger partial charge in [0.25, 0.3) is 0 Å². The number of nitrogens with zero attached hydrogens (tertiary/aromatic N) is 2. The van der Waals surface area contributed by atoms with Crippen molar-refractivity contribution in [3.8, 4) is 0 Å². The zero-order chi connectivity index (χ0) is 12.8. The first-order chi connectivity index (χ1) is 8.04.